The zero-order chi connectivity index (χ0) is 17.2. The lowest BCUT2D eigenvalue weighted by Gasteiger charge is -2.09. The van der Waals surface area contributed by atoms with Gasteiger partial charge in [0.15, 0.2) is 9.84 Å². The lowest BCUT2D eigenvalue weighted by molar-refractivity contribution is -0.384. The van der Waals surface area contributed by atoms with Crippen LogP contribution >= 0.6 is 0 Å². The zero-order valence-corrected chi connectivity index (χ0v) is 13.7. The van der Waals surface area contributed by atoms with Gasteiger partial charge in [0.1, 0.15) is 5.69 Å². The highest BCUT2D eigenvalue weighted by atomic mass is 32.2. The summed E-state index contributed by atoms with van der Waals surface area (Å²) < 4.78 is 22.9. The average Bonchev–Trinajstić information content (AvgIpc) is 3.19. The number of anilines is 1. The predicted octanol–water partition coefficient (Wildman–Crippen LogP) is 1.18. The summed E-state index contributed by atoms with van der Waals surface area (Å²) in [7, 11) is -3.51. The number of sulfone groups is 1. The van der Waals surface area contributed by atoms with Gasteiger partial charge >= 0.3 is 0 Å². The molecule has 2 N–H and O–H groups in total. The third-order valence-corrected chi connectivity index (χ3v) is 4.89. The molecule has 23 heavy (non-hydrogen) atoms. The number of nitrogens with one attached hydrogen (secondary N) is 2. The number of rotatable bonds is 7. The quantitative estimate of drug-likeness (QED) is 0.437. The van der Waals surface area contributed by atoms with Gasteiger partial charge < -0.3 is 10.6 Å². The van der Waals surface area contributed by atoms with Crippen molar-refractivity contribution in [2.75, 3.05) is 24.7 Å². The van der Waals surface area contributed by atoms with E-state index in [9.17, 15) is 23.3 Å². The van der Waals surface area contributed by atoms with E-state index in [1.54, 1.807) is 0 Å². The maximum Gasteiger partial charge on any atom is 0.293 e. The Hall–Kier alpha value is -2.16. The summed E-state index contributed by atoms with van der Waals surface area (Å²) in [5.74, 6) is 0.507. The van der Waals surface area contributed by atoms with Gasteiger partial charge in [-0.05, 0) is 24.5 Å². The van der Waals surface area contributed by atoms with Gasteiger partial charge in [0.25, 0.3) is 5.69 Å². The topological polar surface area (TPSA) is 118 Å². The second kappa shape index (κ2) is 6.53. The number of hydrogen-bond acceptors (Lipinski definition) is 6. The van der Waals surface area contributed by atoms with Crippen molar-refractivity contribution in [3.63, 3.8) is 0 Å². The lowest BCUT2D eigenvalue weighted by atomic mass is 10.2. The summed E-state index contributed by atoms with van der Waals surface area (Å²) in [5, 5.41) is 16.7. The number of nitro benzene ring substituents is 1. The van der Waals surface area contributed by atoms with E-state index < -0.39 is 14.8 Å². The third-order valence-electron chi connectivity index (χ3n) is 3.78. The SMILES string of the molecule is C[C@H]1C[C@H]1C(=O)NCCNc1ccc(S(C)(=O)=O)cc1[N+](=O)[O-]. The Morgan fingerprint density at radius 3 is 2.57 bits per heavy atom. The highest BCUT2D eigenvalue weighted by molar-refractivity contribution is 7.90. The maximum absolute atomic E-state index is 11.6. The van der Waals surface area contributed by atoms with Crippen LogP contribution in [0.5, 0.6) is 0 Å². The van der Waals surface area contributed by atoms with Crippen molar-refractivity contribution in [2.45, 2.75) is 18.2 Å². The smallest absolute Gasteiger partial charge is 0.293 e. The summed E-state index contributed by atoms with van der Waals surface area (Å²) in [5.41, 5.74) is -0.0912. The van der Waals surface area contributed by atoms with E-state index in [1.807, 2.05) is 6.92 Å². The summed E-state index contributed by atoms with van der Waals surface area (Å²) in [6.07, 6.45) is 1.89. The fourth-order valence-corrected chi connectivity index (χ4v) is 2.88. The van der Waals surface area contributed by atoms with Crippen LogP contribution in [-0.4, -0.2) is 38.6 Å². The molecule has 1 aromatic carbocycles. The van der Waals surface area contributed by atoms with Crippen LogP contribution < -0.4 is 10.6 Å². The van der Waals surface area contributed by atoms with Crippen LogP contribution in [0.15, 0.2) is 23.1 Å². The first-order valence-electron chi connectivity index (χ1n) is 7.20. The van der Waals surface area contributed by atoms with Crippen molar-refractivity contribution < 1.29 is 18.1 Å². The van der Waals surface area contributed by atoms with Crippen LogP contribution in [0.3, 0.4) is 0 Å². The highest BCUT2D eigenvalue weighted by Gasteiger charge is 2.38. The van der Waals surface area contributed by atoms with E-state index >= 15 is 0 Å². The molecule has 1 fully saturated rings. The van der Waals surface area contributed by atoms with Gasteiger partial charge in [-0.15, -0.1) is 0 Å². The number of nitro groups is 1. The molecule has 0 radical (unpaired) electrons. The van der Waals surface area contributed by atoms with Crippen molar-refractivity contribution in [3.8, 4) is 0 Å². The first kappa shape index (κ1) is 17.2. The molecular formula is C14H19N3O5S. The number of carbonyl (C=O) groups excluding carboxylic acids is 1. The Bertz CT molecular complexity index is 732. The van der Waals surface area contributed by atoms with Crippen LogP contribution in [-0.2, 0) is 14.6 Å². The molecule has 126 valence electrons. The van der Waals surface area contributed by atoms with Gasteiger partial charge in [-0.25, -0.2) is 8.42 Å². The first-order valence-corrected chi connectivity index (χ1v) is 9.09. The molecule has 0 heterocycles. The number of hydrogen-bond donors (Lipinski definition) is 2. The second-order valence-corrected chi connectivity index (χ2v) is 7.76. The highest BCUT2D eigenvalue weighted by Crippen LogP contribution is 2.37. The van der Waals surface area contributed by atoms with Crippen molar-refractivity contribution in [1.29, 1.82) is 0 Å². The minimum atomic E-state index is -3.51. The summed E-state index contributed by atoms with van der Waals surface area (Å²) in [6.45, 7) is 2.66. The minimum Gasteiger partial charge on any atom is -0.378 e. The number of nitrogens with zero attached hydrogens (tertiary/aromatic N) is 1. The average molecular weight is 341 g/mol. The van der Waals surface area contributed by atoms with Gasteiger partial charge in [0.2, 0.25) is 5.91 Å². The first-order chi connectivity index (χ1) is 10.7. The Balaban J connectivity index is 1.96. The van der Waals surface area contributed by atoms with Crippen molar-refractivity contribution >= 4 is 27.1 Å². The second-order valence-electron chi connectivity index (χ2n) is 5.75. The molecular weight excluding hydrogens is 322 g/mol. The molecule has 0 bridgehead atoms. The molecule has 1 amide bonds. The Labute approximate surface area is 134 Å². The van der Waals surface area contributed by atoms with Gasteiger partial charge in [-0.2, -0.15) is 0 Å². The molecule has 0 spiro atoms. The van der Waals surface area contributed by atoms with Crippen LogP contribution in [0.1, 0.15) is 13.3 Å². The van der Waals surface area contributed by atoms with Gasteiger partial charge in [0, 0.05) is 31.3 Å². The molecule has 0 aromatic heterocycles. The summed E-state index contributed by atoms with van der Waals surface area (Å²) in [4.78, 5) is 22.0. The van der Waals surface area contributed by atoms with E-state index in [-0.39, 0.29) is 28.1 Å². The number of benzene rings is 1. The fraction of sp³-hybridized carbons (Fsp3) is 0.500. The Kier molecular flexibility index (Phi) is 4.88. The molecule has 1 aromatic rings. The molecule has 1 aliphatic rings. The third kappa shape index (κ3) is 4.41. The molecule has 9 heteroatoms. The molecule has 8 nitrogen and oxygen atoms in total. The number of amides is 1. The predicted molar refractivity (Wildman–Crippen MR) is 85.0 cm³/mol. The standard InChI is InChI=1S/C14H19N3O5S/c1-9-7-11(9)14(18)16-6-5-15-12-4-3-10(23(2,21)22)8-13(12)17(19)20/h3-4,8-9,11,15H,5-7H2,1-2H3,(H,16,18)/t9-,11+/m0/s1. The van der Waals surface area contributed by atoms with Gasteiger partial charge in [-0.1, -0.05) is 6.92 Å². The van der Waals surface area contributed by atoms with Crippen LogP contribution in [0, 0.1) is 22.0 Å². The van der Waals surface area contributed by atoms with Crippen LogP contribution in [0.25, 0.3) is 0 Å². The Morgan fingerprint density at radius 1 is 1.39 bits per heavy atom. The van der Waals surface area contributed by atoms with Crippen LogP contribution in [0.4, 0.5) is 11.4 Å². The van der Waals surface area contributed by atoms with E-state index in [0.29, 0.717) is 19.0 Å². The van der Waals surface area contributed by atoms with E-state index in [0.717, 1.165) is 18.7 Å². The normalized spacial score (nSPS) is 19.9. The van der Waals surface area contributed by atoms with Crippen LogP contribution in [0.2, 0.25) is 0 Å². The van der Waals surface area contributed by atoms with E-state index in [1.165, 1.54) is 12.1 Å². The van der Waals surface area contributed by atoms with E-state index in [2.05, 4.69) is 10.6 Å². The van der Waals surface area contributed by atoms with E-state index in [4.69, 9.17) is 0 Å². The molecule has 0 aliphatic heterocycles. The van der Waals surface area contributed by atoms with Crippen molar-refractivity contribution in [2.24, 2.45) is 11.8 Å². The fourth-order valence-electron chi connectivity index (χ4n) is 2.24. The minimum absolute atomic E-state index is 0.00113. The molecule has 2 atom stereocenters. The molecule has 2 rings (SSSR count). The Morgan fingerprint density at radius 2 is 2.04 bits per heavy atom. The zero-order valence-electron chi connectivity index (χ0n) is 12.9. The molecule has 1 aliphatic carbocycles. The van der Waals surface area contributed by atoms with Gasteiger partial charge in [-0.3, -0.25) is 14.9 Å². The van der Waals surface area contributed by atoms with Crippen molar-refractivity contribution in [1.82, 2.24) is 5.32 Å². The summed E-state index contributed by atoms with van der Waals surface area (Å²) >= 11 is 0. The maximum atomic E-state index is 11.6. The van der Waals surface area contributed by atoms with Gasteiger partial charge in [0.05, 0.1) is 9.82 Å². The monoisotopic (exact) mass is 341 g/mol. The molecule has 0 saturated heterocycles. The summed E-state index contributed by atoms with van der Waals surface area (Å²) in [6, 6.07) is 3.70. The number of carbonyl (C=O) groups is 1. The molecule has 0 unspecified atom stereocenters. The molecule has 1 saturated carbocycles. The largest absolute Gasteiger partial charge is 0.378 e. The lowest BCUT2D eigenvalue weighted by Crippen LogP contribution is -2.30. The van der Waals surface area contributed by atoms with Crippen molar-refractivity contribution in [3.05, 3.63) is 28.3 Å².